The summed E-state index contributed by atoms with van der Waals surface area (Å²) in [5, 5.41) is 18.6. The lowest BCUT2D eigenvalue weighted by Crippen LogP contribution is -2.33. The quantitative estimate of drug-likeness (QED) is 0.400. The van der Waals surface area contributed by atoms with Crippen LogP contribution in [0.3, 0.4) is 0 Å². The van der Waals surface area contributed by atoms with Crippen molar-refractivity contribution in [2.24, 2.45) is 0 Å². The summed E-state index contributed by atoms with van der Waals surface area (Å²) in [5.41, 5.74) is 7.07. The van der Waals surface area contributed by atoms with Gasteiger partial charge in [0.2, 0.25) is 0 Å². The molecule has 0 spiro atoms. The van der Waals surface area contributed by atoms with Crippen LogP contribution in [0.25, 0.3) is 5.82 Å². The zero-order valence-corrected chi connectivity index (χ0v) is 21.5. The van der Waals surface area contributed by atoms with Gasteiger partial charge in [0.1, 0.15) is 11.5 Å². The maximum Gasteiger partial charge on any atom is 0.161 e. The van der Waals surface area contributed by atoms with E-state index in [1.54, 1.807) is 18.5 Å². The van der Waals surface area contributed by atoms with E-state index < -0.39 is 6.10 Å². The first-order chi connectivity index (χ1) is 16.9. The number of rotatable bonds is 5. The molecule has 3 aromatic rings. The summed E-state index contributed by atoms with van der Waals surface area (Å²) in [5.74, 6) is 7.33. The number of nitrogens with zero attached hydrogens (tertiary/aromatic N) is 5. The maximum atomic E-state index is 10.4. The van der Waals surface area contributed by atoms with E-state index >= 15 is 0 Å². The second-order valence-electron chi connectivity index (χ2n) is 9.16. The topological polar surface area (TPSA) is 69.5 Å². The fourth-order valence-electron chi connectivity index (χ4n) is 4.76. The summed E-state index contributed by atoms with van der Waals surface area (Å²) >= 11 is 0. The molecule has 1 atom stereocenters. The van der Waals surface area contributed by atoms with Crippen LogP contribution in [0.2, 0.25) is 0 Å². The Morgan fingerprint density at radius 3 is 2.83 bits per heavy atom. The van der Waals surface area contributed by atoms with Gasteiger partial charge in [-0.3, -0.25) is 4.90 Å². The third-order valence-electron chi connectivity index (χ3n) is 6.59. The number of hydrogen-bond acceptors (Lipinski definition) is 5. The third kappa shape index (κ3) is 4.70. The lowest BCUT2D eigenvalue weighted by Gasteiger charge is -2.28. The van der Waals surface area contributed by atoms with Crippen molar-refractivity contribution in [3.05, 3.63) is 58.9 Å². The molecule has 1 unspecified atom stereocenters. The Morgan fingerprint density at radius 1 is 1.20 bits per heavy atom. The van der Waals surface area contributed by atoms with Gasteiger partial charge in [0.05, 0.1) is 24.1 Å². The number of pyridine rings is 1. The molecule has 7 nitrogen and oxygen atoms in total. The molecule has 8 heteroatoms. The van der Waals surface area contributed by atoms with Crippen molar-refractivity contribution in [1.82, 2.24) is 19.7 Å². The summed E-state index contributed by atoms with van der Waals surface area (Å²) < 4.78 is 1.77. The molecule has 2 aromatic heterocycles. The fraction of sp³-hybridized carbons (Fsp3) is 0.370. The molecule has 2 N–H and O–H groups in total. The largest absolute Gasteiger partial charge is 0.389 e. The molecule has 0 aliphatic carbocycles. The summed E-state index contributed by atoms with van der Waals surface area (Å²) in [7, 11) is 3.82. The van der Waals surface area contributed by atoms with Crippen LogP contribution in [0.1, 0.15) is 61.7 Å². The Balaban J connectivity index is 1.50. The molecule has 1 fully saturated rings. The number of aryl methyl sites for hydroxylation is 1. The predicted molar refractivity (Wildman–Crippen MR) is 144 cm³/mol. The predicted octanol–water partition coefficient (Wildman–Crippen LogP) is 4.78. The number of aliphatic hydroxyl groups excluding tert-OH is 1. The zero-order chi connectivity index (χ0) is 24.5. The van der Waals surface area contributed by atoms with Crippen LogP contribution in [0, 0.1) is 18.8 Å². The van der Waals surface area contributed by atoms with E-state index in [4.69, 9.17) is 4.98 Å². The Bertz CT molecular complexity index is 1340. The normalized spacial score (nSPS) is 16.5. The zero-order valence-electron chi connectivity index (χ0n) is 20.5. The molecule has 180 valence electrons. The molecule has 0 amide bonds. The molecule has 0 saturated carbocycles. The smallest absolute Gasteiger partial charge is 0.161 e. The van der Waals surface area contributed by atoms with Gasteiger partial charge >= 0.3 is 0 Å². The second-order valence-corrected chi connectivity index (χ2v) is 9.73. The first-order valence-electron chi connectivity index (χ1n) is 12.1. The fourth-order valence-corrected chi connectivity index (χ4v) is 5.13. The highest BCUT2D eigenvalue weighted by Crippen LogP contribution is 2.38. The van der Waals surface area contributed by atoms with Gasteiger partial charge in [0.15, 0.2) is 5.82 Å². The van der Waals surface area contributed by atoms with E-state index in [1.165, 1.54) is 23.8 Å². The number of benzene rings is 1. The van der Waals surface area contributed by atoms with Crippen LogP contribution in [-0.4, -0.2) is 43.4 Å². The Kier molecular flexibility index (Phi) is 6.62. The van der Waals surface area contributed by atoms with E-state index in [9.17, 15) is 5.11 Å². The van der Waals surface area contributed by atoms with Crippen molar-refractivity contribution < 1.29 is 5.11 Å². The molecule has 2 aliphatic rings. The molecule has 1 aromatic carbocycles. The van der Waals surface area contributed by atoms with E-state index in [-0.39, 0.29) is 0 Å². The van der Waals surface area contributed by atoms with Gasteiger partial charge in [0, 0.05) is 29.8 Å². The number of hydrogen-bond donors (Lipinski definition) is 2. The third-order valence-corrected chi connectivity index (χ3v) is 7.15. The standard InChI is InChI=1S/C27H31N6OP/c1-4-7-21-14-18(2)33(30-21)27-22(19(3)34)10-12-25(29-27)32-17-28-23-11-9-20(15-24(23)32)16-31-13-6-5-8-26(31)35/h9-12,14-15,19,28,34-35H,5-6,8,13,16-17H2,1-3H3. The SMILES string of the molecule is CC#Cc1cc(C)n(-c2nc(N3CNc4ccc(CN5CCCCC5=P)cc43)ccc2C(C)O)n1. The number of aromatic nitrogens is 3. The number of likely N-dealkylation sites (tertiary alicyclic amines) is 1. The van der Waals surface area contributed by atoms with Crippen LogP contribution in [0.4, 0.5) is 17.2 Å². The van der Waals surface area contributed by atoms with E-state index in [1.807, 2.05) is 25.1 Å². The summed E-state index contributed by atoms with van der Waals surface area (Å²) in [6.45, 7) is 8.11. The number of piperidine rings is 1. The van der Waals surface area contributed by atoms with Gasteiger partial charge in [-0.2, -0.15) is 5.10 Å². The van der Waals surface area contributed by atoms with Crippen LogP contribution < -0.4 is 10.2 Å². The molecule has 0 radical (unpaired) electrons. The average molecular weight is 487 g/mol. The van der Waals surface area contributed by atoms with Crippen LogP contribution in [0.15, 0.2) is 36.4 Å². The molecule has 4 heterocycles. The lowest BCUT2D eigenvalue weighted by atomic mass is 10.1. The number of nitrogens with one attached hydrogen (secondary N) is 1. The minimum absolute atomic E-state index is 0.621. The van der Waals surface area contributed by atoms with Crippen molar-refractivity contribution in [2.75, 3.05) is 23.4 Å². The van der Waals surface area contributed by atoms with Crippen LogP contribution in [0.5, 0.6) is 0 Å². The van der Waals surface area contributed by atoms with E-state index in [0.29, 0.717) is 18.2 Å². The van der Waals surface area contributed by atoms with Gasteiger partial charge in [-0.1, -0.05) is 12.0 Å². The number of aliphatic hydroxyl groups is 1. The van der Waals surface area contributed by atoms with Crippen LogP contribution >= 0.6 is 8.86 Å². The van der Waals surface area contributed by atoms with Crippen LogP contribution in [-0.2, 0) is 6.54 Å². The van der Waals surface area contributed by atoms with E-state index in [2.05, 4.69) is 59.1 Å². The molecule has 0 bridgehead atoms. The highest BCUT2D eigenvalue weighted by molar-refractivity contribution is 7.20. The Morgan fingerprint density at radius 2 is 2.06 bits per heavy atom. The minimum Gasteiger partial charge on any atom is -0.389 e. The van der Waals surface area contributed by atoms with Crippen molar-refractivity contribution in [2.45, 2.75) is 52.7 Å². The van der Waals surface area contributed by atoms with Crippen molar-refractivity contribution in [3.8, 4) is 17.7 Å². The lowest BCUT2D eigenvalue weighted by molar-refractivity contribution is 0.198. The Hall–Kier alpha value is -3.17. The van der Waals surface area contributed by atoms with Crippen molar-refractivity contribution >= 4 is 31.5 Å². The molecule has 5 rings (SSSR count). The van der Waals surface area contributed by atoms with Gasteiger partial charge in [-0.25, -0.2) is 9.67 Å². The average Bonchev–Trinajstić information content (AvgIpc) is 3.43. The molecular formula is C27H31N6OP. The van der Waals surface area contributed by atoms with Crippen molar-refractivity contribution in [1.29, 1.82) is 0 Å². The highest BCUT2D eigenvalue weighted by Gasteiger charge is 2.25. The van der Waals surface area contributed by atoms with Gasteiger partial charge in [-0.05, 0) is 81.8 Å². The first kappa shape index (κ1) is 23.6. The minimum atomic E-state index is -0.675. The number of fused-ring (bicyclic) bond motifs is 1. The van der Waals surface area contributed by atoms with Gasteiger partial charge < -0.3 is 15.3 Å². The summed E-state index contributed by atoms with van der Waals surface area (Å²) in [6.07, 6.45) is 2.91. The maximum absolute atomic E-state index is 10.4. The molecule has 1 saturated heterocycles. The van der Waals surface area contributed by atoms with Gasteiger partial charge in [-0.15, -0.1) is 8.86 Å². The summed E-state index contributed by atoms with van der Waals surface area (Å²) in [6, 6.07) is 12.4. The monoisotopic (exact) mass is 486 g/mol. The molecule has 2 aliphatic heterocycles. The second kappa shape index (κ2) is 9.83. The first-order valence-corrected chi connectivity index (χ1v) is 12.6. The molecule has 35 heavy (non-hydrogen) atoms. The van der Waals surface area contributed by atoms with Gasteiger partial charge in [0.25, 0.3) is 0 Å². The van der Waals surface area contributed by atoms with Crippen molar-refractivity contribution in [3.63, 3.8) is 0 Å². The summed E-state index contributed by atoms with van der Waals surface area (Å²) in [4.78, 5) is 9.58. The highest BCUT2D eigenvalue weighted by atomic mass is 31.0. The van der Waals surface area contributed by atoms with E-state index in [0.717, 1.165) is 48.0 Å². The Labute approximate surface area is 209 Å². The number of anilines is 3. The molecular weight excluding hydrogens is 455 g/mol.